The number of nitrogens with one attached hydrogen (secondary N) is 1. The standard InChI is InChI=1S/C17H26FN/c1-3-19-17(11-14-6-4-5-7-14)12-15-8-9-16(18)10-13(15)2/h8-10,14,17,19H,3-7,11-12H2,1-2H3. The van der Waals surface area contributed by atoms with Crippen molar-refractivity contribution in [1.29, 1.82) is 0 Å². The molecule has 1 aromatic rings. The highest BCUT2D eigenvalue weighted by molar-refractivity contribution is 5.27. The van der Waals surface area contributed by atoms with Gasteiger partial charge < -0.3 is 5.32 Å². The van der Waals surface area contributed by atoms with Gasteiger partial charge in [-0.15, -0.1) is 0 Å². The molecule has 2 rings (SSSR count). The van der Waals surface area contributed by atoms with E-state index >= 15 is 0 Å². The van der Waals surface area contributed by atoms with Crippen LogP contribution in [-0.4, -0.2) is 12.6 Å². The Bertz CT molecular complexity index is 396. The van der Waals surface area contributed by atoms with Gasteiger partial charge in [0.15, 0.2) is 0 Å². The summed E-state index contributed by atoms with van der Waals surface area (Å²) >= 11 is 0. The summed E-state index contributed by atoms with van der Waals surface area (Å²) in [6, 6.07) is 5.72. The molecule has 1 nitrogen and oxygen atoms in total. The Balaban J connectivity index is 1.98. The molecule has 0 spiro atoms. The van der Waals surface area contributed by atoms with Crippen molar-refractivity contribution in [3.05, 3.63) is 35.1 Å². The second-order valence-electron chi connectivity index (χ2n) is 5.92. The quantitative estimate of drug-likeness (QED) is 0.809. The van der Waals surface area contributed by atoms with Crippen molar-refractivity contribution < 1.29 is 4.39 Å². The number of likely N-dealkylation sites (N-methyl/N-ethyl adjacent to an activating group) is 1. The van der Waals surface area contributed by atoms with E-state index < -0.39 is 0 Å². The molecule has 0 bridgehead atoms. The summed E-state index contributed by atoms with van der Waals surface area (Å²) in [5.41, 5.74) is 2.36. The van der Waals surface area contributed by atoms with Crippen LogP contribution in [0.2, 0.25) is 0 Å². The molecule has 0 saturated heterocycles. The maximum Gasteiger partial charge on any atom is 0.123 e. The molecule has 0 radical (unpaired) electrons. The minimum Gasteiger partial charge on any atom is -0.314 e. The number of halogens is 1. The molecule has 1 unspecified atom stereocenters. The minimum absolute atomic E-state index is 0.128. The van der Waals surface area contributed by atoms with E-state index in [9.17, 15) is 4.39 Å². The Labute approximate surface area is 116 Å². The summed E-state index contributed by atoms with van der Waals surface area (Å²) in [6.07, 6.45) is 7.88. The molecule has 1 aromatic carbocycles. The smallest absolute Gasteiger partial charge is 0.123 e. The fourth-order valence-corrected chi connectivity index (χ4v) is 3.33. The predicted molar refractivity (Wildman–Crippen MR) is 78.9 cm³/mol. The van der Waals surface area contributed by atoms with E-state index in [0.717, 1.165) is 24.4 Å². The number of hydrogen-bond acceptors (Lipinski definition) is 1. The van der Waals surface area contributed by atoms with E-state index in [-0.39, 0.29) is 5.82 Å². The molecule has 1 fully saturated rings. The summed E-state index contributed by atoms with van der Waals surface area (Å²) in [5.74, 6) is 0.766. The molecule has 1 saturated carbocycles. The second-order valence-corrected chi connectivity index (χ2v) is 5.92. The molecule has 0 aromatic heterocycles. The summed E-state index contributed by atoms with van der Waals surface area (Å²) in [5, 5.41) is 3.61. The van der Waals surface area contributed by atoms with Crippen molar-refractivity contribution in [2.75, 3.05) is 6.54 Å². The highest BCUT2D eigenvalue weighted by Crippen LogP contribution is 2.29. The molecule has 1 N–H and O–H groups in total. The highest BCUT2D eigenvalue weighted by atomic mass is 19.1. The normalized spacial score (nSPS) is 17.8. The monoisotopic (exact) mass is 263 g/mol. The second kappa shape index (κ2) is 7.04. The first-order chi connectivity index (χ1) is 9.19. The van der Waals surface area contributed by atoms with Crippen LogP contribution in [-0.2, 0) is 6.42 Å². The van der Waals surface area contributed by atoms with Gasteiger partial charge in [-0.25, -0.2) is 4.39 Å². The average molecular weight is 263 g/mol. The number of aryl methyl sites for hydroxylation is 1. The van der Waals surface area contributed by atoms with E-state index in [0.29, 0.717) is 6.04 Å². The highest BCUT2D eigenvalue weighted by Gasteiger charge is 2.20. The third-order valence-electron chi connectivity index (χ3n) is 4.36. The van der Waals surface area contributed by atoms with Crippen molar-refractivity contribution in [3.63, 3.8) is 0 Å². The topological polar surface area (TPSA) is 12.0 Å². The first-order valence-electron chi connectivity index (χ1n) is 7.67. The van der Waals surface area contributed by atoms with Gasteiger partial charge in [-0.1, -0.05) is 38.7 Å². The minimum atomic E-state index is -0.128. The fraction of sp³-hybridized carbons (Fsp3) is 0.647. The number of rotatable bonds is 6. The largest absolute Gasteiger partial charge is 0.314 e. The van der Waals surface area contributed by atoms with Crippen molar-refractivity contribution >= 4 is 0 Å². The molecule has 0 aliphatic heterocycles. The van der Waals surface area contributed by atoms with Crippen LogP contribution >= 0.6 is 0 Å². The van der Waals surface area contributed by atoms with Crippen molar-refractivity contribution in [1.82, 2.24) is 5.32 Å². The molecular formula is C17H26FN. The maximum absolute atomic E-state index is 13.1. The van der Waals surface area contributed by atoms with Gasteiger partial charge >= 0.3 is 0 Å². The molecule has 19 heavy (non-hydrogen) atoms. The first-order valence-corrected chi connectivity index (χ1v) is 7.67. The Morgan fingerprint density at radius 1 is 1.32 bits per heavy atom. The van der Waals surface area contributed by atoms with Crippen LogP contribution in [0.3, 0.4) is 0 Å². The zero-order valence-electron chi connectivity index (χ0n) is 12.2. The fourth-order valence-electron chi connectivity index (χ4n) is 3.33. The molecular weight excluding hydrogens is 237 g/mol. The van der Waals surface area contributed by atoms with E-state index in [2.05, 4.69) is 12.2 Å². The van der Waals surface area contributed by atoms with Gasteiger partial charge in [0.25, 0.3) is 0 Å². The lowest BCUT2D eigenvalue weighted by Gasteiger charge is -2.22. The Kier molecular flexibility index (Phi) is 5.38. The van der Waals surface area contributed by atoms with Crippen LogP contribution in [0.5, 0.6) is 0 Å². The zero-order valence-corrected chi connectivity index (χ0v) is 12.2. The Morgan fingerprint density at radius 2 is 2.05 bits per heavy atom. The summed E-state index contributed by atoms with van der Waals surface area (Å²) in [7, 11) is 0. The zero-order chi connectivity index (χ0) is 13.7. The van der Waals surface area contributed by atoms with Gasteiger partial charge in [-0.05, 0) is 55.5 Å². The van der Waals surface area contributed by atoms with E-state index in [4.69, 9.17) is 0 Å². The van der Waals surface area contributed by atoms with Gasteiger partial charge in [0, 0.05) is 6.04 Å². The van der Waals surface area contributed by atoms with Gasteiger partial charge in [-0.2, -0.15) is 0 Å². The maximum atomic E-state index is 13.1. The average Bonchev–Trinajstić information content (AvgIpc) is 2.86. The van der Waals surface area contributed by atoms with Crippen molar-refractivity contribution in [2.45, 2.75) is 58.4 Å². The lowest BCUT2D eigenvalue weighted by molar-refractivity contribution is 0.390. The molecule has 0 heterocycles. The first kappa shape index (κ1) is 14.5. The molecule has 106 valence electrons. The Morgan fingerprint density at radius 3 is 2.68 bits per heavy atom. The van der Waals surface area contributed by atoms with Crippen LogP contribution in [0, 0.1) is 18.7 Å². The van der Waals surface area contributed by atoms with Crippen molar-refractivity contribution in [3.8, 4) is 0 Å². The molecule has 1 aliphatic rings. The Hall–Kier alpha value is -0.890. The lowest BCUT2D eigenvalue weighted by Crippen LogP contribution is -2.33. The molecule has 0 amide bonds. The van der Waals surface area contributed by atoms with Crippen LogP contribution < -0.4 is 5.32 Å². The summed E-state index contributed by atoms with van der Waals surface area (Å²) < 4.78 is 13.1. The van der Waals surface area contributed by atoms with Gasteiger partial charge in [0.2, 0.25) is 0 Å². The summed E-state index contributed by atoms with van der Waals surface area (Å²) in [4.78, 5) is 0. The number of hydrogen-bond donors (Lipinski definition) is 1. The number of benzene rings is 1. The molecule has 1 aliphatic carbocycles. The van der Waals surface area contributed by atoms with Crippen LogP contribution in [0.1, 0.15) is 50.2 Å². The third-order valence-corrected chi connectivity index (χ3v) is 4.36. The SMILES string of the molecule is CCNC(Cc1ccc(F)cc1C)CC1CCCC1. The van der Waals surface area contributed by atoms with Gasteiger partial charge in [0.1, 0.15) is 5.82 Å². The van der Waals surface area contributed by atoms with E-state index in [1.807, 2.05) is 13.0 Å². The molecule has 1 atom stereocenters. The predicted octanol–water partition coefficient (Wildman–Crippen LogP) is 4.24. The van der Waals surface area contributed by atoms with Gasteiger partial charge in [-0.3, -0.25) is 0 Å². The van der Waals surface area contributed by atoms with Crippen LogP contribution in [0.15, 0.2) is 18.2 Å². The van der Waals surface area contributed by atoms with Gasteiger partial charge in [0.05, 0.1) is 0 Å². The third kappa shape index (κ3) is 4.31. The van der Waals surface area contributed by atoms with E-state index in [1.165, 1.54) is 37.7 Å². The lowest BCUT2D eigenvalue weighted by atomic mass is 9.92. The summed E-state index contributed by atoms with van der Waals surface area (Å²) in [6.45, 7) is 5.19. The molecule has 2 heteroatoms. The van der Waals surface area contributed by atoms with Crippen LogP contribution in [0.4, 0.5) is 4.39 Å². The van der Waals surface area contributed by atoms with Crippen molar-refractivity contribution in [2.24, 2.45) is 5.92 Å². The van der Waals surface area contributed by atoms with Crippen LogP contribution in [0.25, 0.3) is 0 Å². The van der Waals surface area contributed by atoms with E-state index in [1.54, 1.807) is 12.1 Å².